The van der Waals surface area contributed by atoms with E-state index in [0.29, 0.717) is 0 Å². The van der Waals surface area contributed by atoms with E-state index in [1.54, 1.807) is 0 Å². The van der Waals surface area contributed by atoms with Gasteiger partial charge in [-0.05, 0) is 13.8 Å². The highest BCUT2D eigenvalue weighted by Gasteiger charge is 2.16. The number of carbonyl (C=O) groups is 3. The lowest BCUT2D eigenvalue weighted by Gasteiger charge is -2.04. The number of aliphatic carboxylic acids is 2. The van der Waals surface area contributed by atoms with Crippen LogP contribution in [0.15, 0.2) is 12.2 Å². The molecule has 18 heavy (non-hydrogen) atoms. The maximum atomic E-state index is 10.5. The summed E-state index contributed by atoms with van der Waals surface area (Å²) < 4.78 is 4.33. The van der Waals surface area contributed by atoms with E-state index in [9.17, 15) is 14.4 Å². The average Bonchev–Trinajstić information content (AvgIpc) is 2.16. The summed E-state index contributed by atoms with van der Waals surface area (Å²) in [6, 6.07) is 0. The molecule has 0 aliphatic carbocycles. The molecular weight excluding hydrogens is 248 g/mol. The van der Waals surface area contributed by atoms with Gasteiger partial charge in [0.25, 0.3) is 0 Å². The number of ether oxygens (including phenoxy) is 1. The van der Waals surface area contributed by atoms with Gasteiger partial charge in [0, 0.05) is 5.57 Å². The first-order valence-corrected chi connectivity index (χ1v) is 4.75. The van der Waals surface area contributed by atoms with Crippen LogP contribution in [0.3, 0.4) is 0 Å². The van der Waals surface area contributed by atoms with Gasteiger partial charge in [0.1, 0.15) is 0 Å². The molecule has 0 aromatic carbocycles. The van der Waals surface area contributed by atoms with Gasteiger partial charge in [0.05, 0.1) is 6.42 Å². The second kappa shape index (κ2) is 9.14. The maximum Gasteiger partial charge on any atom is 0.335 e. The highest BCUT2D eigenvalue weighted by Crippen LogP contribution is 1.94. The van der Waals surface area contributed by atoms with Gasteiger partial charge in [-0.25, -0.2) is 9.59 Å². The van der Waals surface area contributed by atoms with E-state index in [-0.39, 0.29) is 5.57 Å². The first-order chi connectivity index (χ1) is 8.07. The number of rotatable bonds is 5. The van der Waals surface area contributed by atoms with Gasteiger partial charge in [-0.1, -0.05) is 6.58 Å². The summed E-state index contributed by atoms with van der Waals surface area (Å²) in [6.07, 6.45) is -3.59. The third-order valence-electron chi connectivity index (χ3n) is 1.28. The molecular formula is C10H16O8. The van der Waals surface area contributed by atoms with Crippen molar-refractivity contribution in [3.8, 4) is 0 Å². The molecule has 0 heterocycles. The van der Waals surface area contributed by atoms with Gasteiger partial charge in [0.15, 0.2) is 12.4 Å². The molecule has 0 aliphatic heterocycles. The van der Waals surface area contributed by atoms with Crippen molar-refractivity contribution >= 4 is 17.9 Å². The molecule has 0 saturated carbocycles. The Morgan fingerprint density at radius 2 is 1.67 bits per heavy atom. The Kier molecular flexibility index (Phi) is 9.36. The zero-order valence-electron chi connectivity index (χ0n) is 9.99. The minimum atomic E-state index is -1.79. The second-order valence-electron chi connectivity index (χ2n) is 3.24. The largest absolute Gasteiger partial charge is 0.481 e. The molecule has 0 aliphatic rings. The molecule has 0 aromatic rings. The molecule has 0 aromatic heterocycles. The molecule has 8 nitrogen and oxygen atoms in total. The van der Waals surface area contributed by atoms with E-state index in [4.69, 9.17) is 20.4 Å². The lowest BCUT2D eigenvalue weighted by Crippen LogP contribution is -2.22. The quantitative estimate of drug-likeness (QED) is 0.291. The number of esters is 1. The van der Waals surface area contributed by atoms with Crippen LogP contribution < -0.4 is 0 Å². The zero-order valence-corrected chi connectivity index (χ0v) is 9.99. The summed E-state index contributed by atoms with van der Waals surface area (Å²) >= 11 is 0. The molecule has 0 amide bonds. The Balaban J connectivity index is 0. The Hall–Kier alpha value is -1.93. The normalized spacial score (nSPS) is 12.4. The fraction of sp³-hybridized carbons (Fsp3) is 0.500. The predicted molar refractivity (Wildman–Crippen MR) is 58.5 cm³/mol. The van der Waals surface area contributed by atoms with E-state index in [1.165, 1.54) is 13.8 Å². The number of hydrogen-bond donors (Lipinski definition) is 4. The molecule has 0 rings (SSSR count). The van der Waals surface area contributed by atoms with Gasteiger partial charge < -0.3 is 25.2 Å². The smallest absolute Gasteiger partial charge is 0.335 e. The highest BCUT2D eigenvalue weighted by atomic mass is 16.6. The fourth-order valence-electron chi connectivity index (χ4n) is 0.508. The van der Waals surface area contributed by atoms with Crippen molar-refractivity contribution in [2.75, 3.05) is 0 Å². The summed E-state index contributed by atoms with van der Waals surface area (Å²) in [5.41, 5.74) is 0.288. The molecule has 0 bridgehead atoms. The number of carboxylic acid groups (broad SMARTS) is 2. The van der Waals surface area contributed by atoms with Crippen molar-refractivity contribution in [3.05, 3.63) is 12.2 Å². The number of hydrogen-bond acceptors (Lipinski definition) is 6. The lowest BCUT2D eigenvalue weighted by molar-refractivity contribution is -0.159. The van der Waals surface area contributed by atoms with Crippen LogP contribution in [0.5, 0.6) is 0 Å². The highest BCUT2D eigenvalue weighted by molar-refractivity contribution is 5.86. The standard InChI is InChI=1S/C6H10O3.C4H6O5/c1-4(2)6(8)9-5(3)7;5-2(4(8)9)1-3(6)7/h5,7H,1H2,2-3H3;2,5H,1H2,(H,6,7)(H,8,9). The van der Waals surface area contributed by atoms with E-state index in [0.717, 1.165) is 0 Å². The predicted octanol–water partition coefficient (Wildman–Crippen LogP) is -0.649. The van der Waals surface area contributed by atoms with Crippen molar-refractivity contribution in [2.24, 2.45) is 0 Å². The van der Waals surface area contributed by atoms with Gasteiger partial charge in [-0.3, -0.25) is 4.79 Å². The lowest BCUT2D eigenvalue weighted by atomic mass is 10.3. The van der Waals surface area contributed by atoms with Crippen molar-refractivity contribution in [1.82, 2.24) is 0 Å². The first kappa shape index (κ1) is 18.4. The summed E-state index contributed by atoms with van der Waals surface area (Å²) in [7, 11) is 0. The van der Waals surface area contributed by atoms with Crippen LogP contribution in [-0.4, -0.2) is 50.7 Å². The molecule has 0 radical (unpaired) electrons. The molecule has 2 unspecified atom stereocenters. The Morgan fingerprint density at radius 3 is 1.78 bits per heavy atom. The van der Waals surface area contributed by atoms with Crippen molar-refractivity contribution in [1.29, 1.82) is 0 Å². The monoisotopic (exact) mass is 264 g/mol. The SMILES string of the molecule is C=C(C)C(=O)OC(C)O.O=C(O)CC(O)C(=O)O. The van der Waals surface area contributed by atoms with E-state index in [2.05, 4.69) is 11.3 Å². The Morgan fingerprint density at radius 1 is 1.22 bits per heavy atom. The van der Waals surface area contributed by atoms with Crippen LogP contribution in [0.1, 0.15) is 20.3 Å². The fourth-order valence-corrected chi connectivity index (χ4v) is 0.508. The van der Waals surface area contributed by atoms with E-state index >= 15 is 0 Å². The molecule has 0 spiro atoms. The summed E-state index contributed by atoms with van der Waals surface area (Å²) in [5.74, 6) is -3.41. The van der Waals surface area contributed by atoms with E-state index in [1.807, 2.05) is 0 Å². The van der Waals surface area contributed by atoms with E-state index < -0.39 is 36.7 Å². The van der Waals surface area contributed by atoms with Crippen LogP contribution in [0.4, 0.5) is 0 Å². The van der Waals surface area contributed by atoms with Crippen LogP contribution in [0, 0.1) is 0 Å². The molecule has 0 saturated heterocycles. The van der Waals surface area contributed by atoms with Crippen LogP contribution in [-0.2, 0) is 19.1 Å². The minimum absolute atomic E-state index is 0.288. The minimum Gasteiger partial charge on any atom is -0.481 e. The molecule has 104 valence electrons. The van der Waals surface area contributed by atoms with Crippen LogP contribution in [0.25, 0.3) is 0 Å². The Labute approximate surface area is 103 Å². The maximum absolute atomic E-state index is 10.5. The summed E-state index contributed by atoms with van der Waals surface area (Å²) in [4.78, 5) is 29.9. The molecule has 8 heteroatoms. The topological polar surface area (TPSA) is 141 Å². The summed E-state index contributed by atoms with van der Waals surface area (Å²) in [5, 5.41) is 32.6. The molecule has 0 fully saturated rings. The van der Waals surface area contributed by atoms with Gasteiger partial charge >= 0.3 is 17.9 Å². The second-order valence-corrected chi connectivity index (χ2v) is 3.24. The molecule has 2 atom stereocenters. The molecule has 4 N–H and O–H groups in total. The zero-order chi connectivity index (χ0) is 14.9. The number of carbonyl (C=O) groups excluding carboxylic acids is 1. The van der Waals surface area contributed by atoms with Gasteiger partial charge in [-0.2, -0.15) is 0 Å². The average molecular weight is 264 g/mol. The van der Waals surface area contributed by atoms with Crippen molar-refractivity contribution < 1.29 is 39.5 Å². The summed E-state index contributed by atoms with van der Waals surface area (Å²) in [6.45, 7) is 6.20. The van der Waals surface area contributed by atoms with Crippen molar-refractivity contribution in [2.45, 2.75) is 32.7 Å². The van der Waals surface area contributed by atoms with Crippen LogP contribution >= 0.6 is 0 Å². The van der Waals surface area contributed by atoms with Gasteiger partial charge in [-0.15, -0.1) is 0 Å². The third kappa shape index (κ3) is 12.1. The van der Waals surface area contributed by atoms with Crippen molar-refractivity contribution in [3.63, 3.8) is 0 Å². The number of aliphatic hydroxyl groups excluding tert-OH is 2. The Bertz CT molecular complexity index is 320. The van der Waals surface area contributed by atoms with Crippen LogP contribution in [0.2, 0.25) is 0 Å². The third-order valence-corrected chi connectivity index (χ3v) is 1.28. The van der Waals surface area contributed by atoms with Gasteiger partial charge in [0.2, 0.25) is 0 Å². The number of carboxylic acids is 2. The number of aliphatic hydroxyl groups is 2. The first-order valence-electron chi connectivity index (χ1n) is 4.75.